The van der Waals surface area contributed by atoms with Gasteiger partial charge in [-0.05, 0) is 12.7 Å². The van der Waals surface area contributed by atoms with Crippen molar-refractivity contribution in [3.05, 3.63) is 5.56 Å². The van der Waals surface area contributed by atoms with Crippen molar-refractivity contribution in [3.63, 3.8) is 0 Å². The van der Waals surface area contributed by atoms with Crippen molar-refractivity contribution in [1.29, 1.82) is 5.26 Å². The minimum atomic E-state index is -0.457. The fourth-order valence-electron chi connectivity index (χ4n) is 1.49. The lowest BCUT2D eigenvalue weighted by atomic mass is 10.2. The zero-order chi connectivity index (χ0) is 12.6. The summed E-state index contributed by atoms with van der Waals surface area (Å²) in [5, 5.41) is 13.8. The molecule has 2 rings (SSSR count). The second-order valence-corrected chi connectivity index (χ2v) is 5.58. The summed E-state index contributed by atoms with van der Waals surface area (Å²) in [6, 6.07) is 2.07. The van der Waals surface area contributed by atoms with Crippen molar-refractivity contribution in [2.45, 2.75) is 23.7 Å². The predicted octanol–water partition coefficient (Wildman–Crippen LogP) is 2.38. The van der Waals surface area contributed by atoms with Crippen LogP contribution in [0.15, 0.2) is 10.0 Å². The number of thioether (sulfide) groups is 1. The first-order valence-electron chi connectivity index (χ1n) is 4.99. The molecular weight excluding hydrogens is 304 g/mol. The third kappa shape index (κ3) is 1.91. The van der Waals surface area contributed by atoms with Crippen LogP contribution in [0.2, 0.25) is 0 Å². The summed E-state index contributed by atoms with van der Waals surface area (Å²) in [6.07, 6.45) is 0. The summed E-state index contributed by atoms with van der Waals surface area (Å²) in [4.78, 5) is 15.8. The molecule has 7 heteroatoms. The zero-order valence-electron chi connectivity index (χ0n) is 9.27. The first kappa shape index (κ1) is 12.3. The van der Waals surface area contributed by atoms with Crippen molar-refractivity contribution in [2.24, 2.45) is 4.99 Å². The van der Waals surface area contributed by atoms with E-state index in [1.165, 1.54) is 16.4 Å². The SMILES string of the molecule is CCSc1nn2c(c1C#N)N=C(C)C(Br)C2=O. The van der Waals surface area contributed by atoms with E-state index in [2.05, 4.69) is 32.1 Å². The number of carbonyl (C=O) groups is 1. The van der Waals surface area contributed by atoms with E-state index in [9.17, 15) is 4.79 Å². The van der Waals surface area contributed by atoms with Gasteiger partial charge in [0.05, 0.1) is 0 Å². The quantitative estimate of drug-likeness (QED) is 0.621. The minimum absolute atomic E-state index is 0.202. The number of halogens is 1. The average molecular weight is 313 g/mol. The molecule has 17 heavy (non-hydrogen) atoms. The lowest BCUT2D eigenvalue weighted by Gasteiger charge is -2.14. The van der Waals surface area contributed by atoms with Gasteiger partial charge in [-0.15, -0.1) is 11.8 Å². The molecule has 88 valence electrons. The summed E-state index contributed by atoms with van der Waals surface area (Å²) in [6.45, 7) is 3.72. The average Bonchev–Trinajstić information content (AvgIpc) is 2.64. The Morgan fingerprint density at radius 2 is 2.35 bits per heavy atom. The molecule has 0 saturated heterocycles. The number of aromatic nitrogens is 2. The monoisotopic (exact) mass is 312 g/mol. The van der Waals surface area contributed by atoms with Gasteiger partial charge in [-0.2, -0.15) is 15.0 Å². The van der Waals surface area contributed by atoms with E-state index in [0.29, 0.717) is 22.1 Å². The minimum Gasteiger partial charge on any atom is -0.271 e. The zero-order valence-corrected chi connectivity index (χ0v) is 11.7. The number of fused-ring (bicyclic) bond motifs is 1. The number of carbonyl (C=O) groups excluding carboxylic acids is 1. The topological polar surface area (TPSA) is 71.0 Å². The molecule has 0 fully saturated rings. The molecule has 1 aromatic rings. The summed E-state index contributed by atoms with van der Waals surface area (Å²) in [5.74, 6) is 0.938. The number of nitriles is 1. The largest absolute Gasteiger partial charge is 0.271 e. The first-order valence-corrected chi connectivity index (χ1v) is 6.89. The molecule has 1 unspecified atom stereocenters. The number of hydrogen-bond donors (Lipinski definition) is 0. The van der Waals surface area contributed by atoms with Crippen LogP contribution in [-0.2, 0) is 0 Å². The van der Waals surface area contributed by atoms with Crippen LogP contribution in [-0.4, -0.2) is 32.0 Å². The van der Waals surface area contributed by atoms with Crippen molar-refractivity contribution in [2.75, 3.05) is 5.75 Å². The molecule has 0 aromatic carbocycles. The number of alkyl halides is 1. The molecule has 0 bridgehead atoms. The summed E-state index contributed by atoms with van der Waals surface area (Å²) in [7, 11) is 0. The summed E-state index contributed by atoms with van der Waals surface area (Å²) in [5.41, 5.74) is 1.02. The van der Waals surface area contributed by atoms with Crippen molar-refractivity contribution in [1.82, 2.24) is 9.78 Å². The van der Waals surface area contributed by atoms with Crippen LogP contribution in [0.1, 0.15) is 24.2 Å². The number of hydrogen-bond acceptors (Lipinski definition) is 5. The normalized spacial score (nSPS) is 18.6. The Morgan fingerprint density at radius 3 is 2.94 bits per heavy atom. The molecule has 2 heterocycles. The Kier molecular flexibility index (Phi) is 3.35. The van der Waals surface area contributed by atoms with E-state index in [4.69, 9.17) is 5.26 Å². The van der Waals surface area contributed by atoms with Crippen LogP contribution in [0.4, 0.5) is 5.82 Å². The van der Waals surface area contributed by atoms with E-state index in [0.717, 1.165) is 5.75 Å². The fraction of sp³-hybridized carbons (Fsp3) is 0.400. The summed E-state index contributed by atoms with van der Waals surface area (Å²) >= 11 is 4.69. The third-order valence-electron chi connectivity index (χ3n) is 2.30. The molecule has 0 saturated carbocycles. The number of rotatable bonds is 2. The van der Waals surface area contributed by atoms with Gasteiger partial charge in [-0.25, -0.2) is 4.99 Å². The Bertz CT molecular complexity index is 557. The fourth-order valence-corrected chi connectivity index (χ4v) is 2.48. The molecule has 0 aliphatic carbocycles. The molecule has 0 N–H and O–H groups in total. The van der Waals surface area contributed by atoms with Crippen LogP contribution >= 0.6 is 27.7 Å². The van der Waals surface area contributed by atoms with Gasteiger partial charge in [0, 0.05) is 5.71 Å². The van der Waals surface area contributed by atoms with Crippen molar-refractivity contribution < 1.29 is 4.79 Å². The van der Waals surface area contributed by atoms with Crippen molar-refractivity contribution in [3.8, 4) is 6.07 Å². The number of nitrogens with zero attached hydrogens (tertiary/aromatic N) is 4. The standard InChI is InChI=1S/C10H9BrN4OS/c1-3-17-9-6(4-12)8-13-5(2)7(11)10(16)15(8)14-9/h7H,3H2,1-2H3. The smallest absolute Gasteiger partial charge is 0.268 e. The molecule has 1 atom stereocenters. The highest BCUT2D eigenvalue weighted by atomic mass is 79.9. The van der Waals surface area contributed by atoms with Crippen molar-refractivity contribution >= 4 is 45.1 Å². The van der Waals surface area contributed by atoms with Crippen LogP contribution in [0.5, 0.6) is 0 Å². The van der Waals surface area contributed by atoms with E-state index < -0.39 is 4.83 Å². The van der Waals surface area contributed by atoms with Crippen LogP contribution in [0.3, 0.4) is 0 Å². The second-order valence-electron chi connectivity index (χ2n) is 3.41. The predicted molar refractivity (Wildman–Crippen MR) is 69.5 cm³/mol. The Balaban J connectivity index is 2.63. The van der Waals surface area contributed by atoms with Gasteiger partial charge in [0.1, 0.15) is 21.5 Å². The van der Waals surface area contributed by atoms with Gasteiger partial charge in [0.2, 0.25) is 0 Å². The van der Waals surface area contributed by atoms with Gasteiger partial charge in [0.25, 0.3) is 5.91 Å². The number of aliphatic imine (C=N–C) groups is 1. The highest BCUT2D eigenvalue weighted by Crippen LogP contribution is 2.32. The first-order chi connectivity index (χ1) is 8.10. The molecule has 1 aliphatic rings. The molecule has 0 spiro atoms. The van der Waals surface area contributed by atoms with E-state index in [-0.39, 0.29) is 5.91 Å². The van der Waals surface area contributed by atoms with Crippen LogP contribution < -0.4 is 0 Å². The highest BCUT2D eigenvalue weighted by Gasteiger charge is 2.31. The van der Waals surface area contributed by atoms with Gasteiger partial charge in [-0.1, -0.05) is 22.9 Å². The second kappa shape index (κ2) is 4.63. The van der Waals surface area contributed by atoms with Crippen LogP contribution in [0.25, 0.3) is 0 Å². The third-order valence-corrected chi connectivity index (χ3v) is 4.20. The van der Waals surface area contributed by atoms with Gasteiger partial charge in [0.15, 0.2) is 5.82 Å². The Labute approximate surface area is 111 Å². The lowest BCUT2D eigenvalue weighted by molar-refractivity contribution is 0.0912. The van der Waals surface area contributed by atoms with E-state index >= 15 is 0 Å². The van der Waals surface area contributed by atoms with Gasteiger partial charge in [-0.3, -0.25) is 4.79 Å². The molecule has 1 aliphatic heterocycles. The molecule has 5 nitrogen and oxygen atoms in total. The van der Waals surface area contributed by atoms with E-state index in [1.807, 2.05) is 6.92 Å². The molecular formula is C10H9BrN4OS. The molecule has 1 aromatic heterocycles. The maximum atomic E-state index is 12.0. The lowest BCUT2D eigenvalue weighted by Crippen LogP contribution is -2.31. The van der Waals surface area contributed by atoms with Gasteiger partial charge >= 0.3 is 0 Å². The van der Waals surface area contributed by atoms with Crippen LogP contribution in [0, 0.1) is 11.3 Å². The highest BCUT2D eigenvalue weighted by molar-refractivity contribution is 9.10. The summed E-state index contributed by atoms with van der Waals surface area (Å²) < 4.78 is 1.21. The maximum Gasteiger partial charge on any atom is 0.268 e. The Morgan fingerprint density at radius 1 is 1.65 bits per heavy atom. The molecule has 0 amide bonds. The van der Waals surface area contributed by atoms with E-state index in [1.54, 1.807) is 6.92 Å². The Hall–Kier alpha value is -1.13. The molecule has 0 radical (unpaired) electrons. The van der Waals surface area contributed by atoms with Gasteiger partial charge < -0.3 is 0 Å². The maximum absolute atomic E-state index is 12.0.